The monoisotopic (exact) mass is 294 g/mol. The molecule has 4 heteroatoms. The fourth-order valence-corrected chi connectivity index (χ4v) is 1.81. The quantitative estimate of drug-likeness (QED) is 0.833. The Morgan fingerprint density at radius 2 is 1.55 bits per heavy atom. The van der Waals surface area contributed by atoms with Crippen LogP contribution >= 0.6 is 0 Å². The molecule has 4 nitrogen and oxygen atoms in total. The lowest BCUT2D eigenvalue weighted by molar-refractivity contribution is -0.117. The van der Waals surface area contributed by atoms with E-state index in [0.29, 0.717) is 12.2 Å². The Balaban J connectivity index is 1.78. The predicted molar refractivity (Wildman–Crippen MR) is 87.2 cm³/mol. The number of carbonyl (C=O) groups is 2. The van der Waals surface area contributed by atoms with Crippen molar-refractivity contribution in [1.29, 1.82) is 0 Å². The van der Waals surface area contributed by atoms with Crippen LogP contribution in [-0.2, 0) is 16.1 Å². The van der Waals surface area contributed by atoms with Gasteiger partial charge in [-0.1, -0.05) is 48.0 Å². The molecule has 0 saturated carbocycles. The SMILES string of the molecule is Cc1ccc(CNC(=O)C=CC(=O)Nc2ccccc2)cc1. The van der Waals surface area contributed by atoms with Gasteiger partial charge in [-0.15, -0.1) is 0 Å². The van der Waals surface area contributed by atoms with Crippen molar-refractivity contribution in [2.45, 2.75) is 13.5 Å². The molecule has 22 heavy (non-hydrogen) atoms. The van der Waals surface area contributed by atoms with Crippen molar-refractivity contribution in [3.8, 4) is 0 Å². The highest BCUT2D eigenvalue weighted by Gasteiger charge is 2.00. The summed E-state index contributed by atoms with van der Waals surface area (Å²) in [5.41, 5.74) is 2.88. The molecular formula is C18H18N2O2. The molecule has 0 unspecified atom stereocenters. The Bertz CT molecular complexity index is 661. The molecule has 0 aliphatic heterocycles. The first-order valence-corrected chi connectivity index (χ1v) is 7.01. The van der Waals surface area contributed by atoms with Crippen molar-refractivity contribution in [2.75, 3.05) is 5.32 Å². The Morgan fingerprint density at radius 3 is 2.23 bits per heavy atom. The molecule has 2 aromatic rings. The summed E-state index contributed by atoms with van der Waals surface area (Å²) in [6.45, 7) is 2.44. The number of benzene rings is 2. The molecule has 2 rings (SSSR count). The van der Waals surface area contributed by atoms with Crippen LogP contribution in [0.3, 0.4) is 0 Å². The van der Waals surface area contributed by atoms with E-state index in [4.69, 9.17) is 0 Å². The minimum atomic E-state index is -0.336. The Hall–Kier alpha value is -2.88. The van der Waals surface area contributed by atoms with Crippen LogP contribution in [0, 0.1) is 6.92 Å². The standard InChI is InChI=1S/C18H18N2O2/c1-14-7-9-15(10-8-14)13-19-17(21)11-12-18(22)20-16-5-3-2-4-6-16/h2-12H,13H2,1H3,(H,19,21)(H,20,22). The van der Waals surface area contributed by atoms with E-state index >= 15 is 0 Å². The molecule has 0 heterocycles. The number of aryl methyl sites for hydroxylation is 1. The first-order valence-electron chi connectivity index (χ1n) is 7.01. The van der Waals surface area contributed by atoms with E-state index < -0.39 is 0 Å². The third-order valence-electron chi connectivity index (χ3n) is 3.01. The summed E-state index contributed by atoms with van der Waals surface area (Å²) in [5, 5.41) is 5.40. The van der Waals surface area contributed by atoms with Crippen LogP contribution in [0.5, 0.6) is 0 Å². The highest BCUT2D eigenvalue weighted by atomic mass is 16.2. The molecule has 0 radical (unpaired) electrons. The van der Waals surface area contributed by atoms with Crippen LogP contribution in [0.25, 0.3) is 0 Å². The molecule has 0 atom stereocenters. The molecule has 0 bridgehead atoms. The molecule has 0 spiro atoms. The second kappa shape index (κ2) is 7.78. The minimum absolute atomic E-state index is 0.302. The Kier molecular flexibility index (Phi) is 5.49. The van der Waals surface area contributed by atoms with Gasteiger partial charge in [0.2, 0.25) is 11.8 Å². The van der Waals surface area contributed by atoms with Crippen molar-refractivity contribution < 1.29 is 9.59 Å². The van der Waals surface area contributed by atoms with Crippen LogP contribution in [0.4, 0.5) is 5.69 Å². The normalized spacial score (nSPS) is 10.4. The summed E-state index contributed by atoms with van der Waals surface area (Å²) in [5.74, 6) is -0.638. The van der Waals surface area contributed by atoms with E-state index in [0.717, 1.165) is 5.56 Å². The lowest BCUT2D eigenvalue weighted by Crippen LogP contribution is -2.21. The molecule has 2 aromatic carbocycles. The predicted octanol–water partition coefficient (Wildman–Crippen LogP) is 2.81. The van der Waals surface area contributed by atoms with Crippen molar-refractivity contribution in [1.82, 2.24) is 5.32 Å². The third-order valence-corrected chi connectivity index (χ3v) is 3.01. The number of nitrogens with one attached hydrogen (secondary N) is 2. The highest BCUT2D eigenvalue weighted by molar-refractivity contribution is 6.03. The molecule has 2 N–H and O–H groups in total. The number of hydrogen-bond acceptors (Lipinski definition) is 2. The molecular weight excluding hydrogens is 276 g/mol. The topological polar surface area (TPSA) is 58.2 Å². The minimum Gasteiger partial charge on any atom is -0.348 e. The van der Waals surface area contributed by atoms with Crippen molar-refractivity contribution in [3.05, 3.63) is 77.9 Å². The average molecular weight is 294 g/mol. The van der Waals surface area contributed by atoms with Gasteiger partial charge in [0, 0.05) is 24.4 Å². The molecule has 2 amide bonds. The maximum Gasteiger partial charge on any atom is 0.248 e. The molecule has 0 aromatic heterocycles. The maximum absolute atomic E-state index is 11.7. The van der Waals surface area contributed by atoms with Gasteiger partial charge in [-0.25, -0.2) is 0 Å². The fraction of sp³-hybridized carbons (Fsp3) is 0.111. The van der Waals surface area contributed by atoms with Gasteiger partial charge < -0.3 is 10.6 Å². The summed E-state index contributed by atoms with van der Waals surface area (Å²) in [7, 11) is 0. The van der Waals surface area contributed by atoms with Crippen molar-refractivity contribution in [3.63, 3.8) is 0 Å². The highest BCUT2D eigenvalue weighted by Crippen LogP contribution is 2.04. The van der Waals surface area contributed by atoms with Gasteiger partial charge >= 0.3 is 0 Å². The van der Waals surface area contributed by atoms with Gasteiger partial charge in [0.1, 0.15) is 0 Å². The zero-order chi connectivity index (χ0) is 15.8. The van der Waals surface area contributed by atoms with Gasteiger partial charge in [-0.3, -0.25) is 9.59 Å². The van der Waals surface area contributed by atoms with Crippen LogP contribution < -0.4 is 10.6 Å². The Labute approximate surface area is 129 Å². The van der Waals surface area contributed by atoms with E-state index in [1.165, 1.54) is 17.7 Å². The summed E-state index contributed by atoms with van der Waals surface area (Å²) < 4.78 is 0. The van der Waals surface area contributed by atoms with Crippen LogP contribution in [-0.4, -0.2) is 11.8 Å². The lowest BCUT2D eigenvalue weighted by atomic mass is 10.1. The summed E-state index contributed by atoms with van der Waals surface area (Å²) in [6.07, 6.45) is 2.45. The Morgan fingerprint density at radius 1 is 0.909 bits per heavy atom. The van der Waals surface area contributed by atoms with Gasteiger partial charge in [-0.05, 0) is 24.6 Å². The van der Waals surface area contributed by atoms with Gasteiger partial charge in [0.25, 0.3) is 0 Å². The molecule has 0 fully saturated rings. The van der Waals surface area contributed by atoms with E-state index in [9.17, 15) is 9.59 Å². The summed E-state index contributed by atoms with van der Waals surface area (Å²) in [6, 6.07) is 17.0. The maximum atomic E-state index is 11.7. The van der Waals surface area contributed by atoms with Gasteiger partial charge in [-0.2, -0.15) is 0 Å². The van der Waals surface area contributed by atoms with Gasteiger partial charge in [0.15, 0.2) is 0 Å². The summed E-state index contributed by atoms with van der Waals surface area (Å²) >= 11 is 0. The molecule has 0 saturated heterocycles. The number of anilines is 1. The second-order valence-electron chi connectivity index (χ2n) is 4.89. The van der Waals surface area contributed by atoms with Crippen LogP contribution in [0.1, 0.15) is 11.1 Å². The van der Waals surface area contributed by atoms with Crippen LogP contribution in [0.15, 0.2) is 66.7 Å². The van der Waals surface area contributed by atoms with Crippen LogP contribution in [0.2, 0.25) is 0 Å². The first kappa shape index (κ1) is 15.5. The number of carbonyl (C=O) groups excluding carboxylic acids is 2. The smallest absolute Gasteiger partial charge is 0.248 e. The largest absolute Gasteiger partial charge is 0.348 e. The third kappa shape index (κ3) is 5.25. The number of para-hydroxylation sites is 1. The van der Waals surface area contributed by atoms with Crippen molar-refractivity contribution in [2.24, 2.45) is 0 Å². The number of rotatable bonds is 5. The zero-order valence-corrected chi connectivity index (χ0v) is 12.4. The zero-order valence-electron chi connectivity index (χ0n) is 12.4. The van der Waals surface area contributed by atoms with E-state index in [2.05, 4.69) is 10.6 Å². The number of hydrogen-bond donors (Lipinski definition) is 2. The van der Waals surface area contributed by atoms with E-state index in [1.54, 1.807) is 12.1 Å². The second-order valence-corrected chi connectivity index (χ2v) is 4.89. The van der Waals surface area contributed by atoms with Crippen molar-refractivity contribution >= 4 is 17.5 Å². The average Bonchev–Trinajstić information content (AvgIpc) is 2.53. The van der Waals surface area contributed by atoms with E-state index in [-0.39, 0.29) is 11.8 Å². The summed E-state index contributed by atoms with van der Waals surface area (Å²) in [4.78, 5) is 23.3. The fourth-order valence-electron chi connectivity index (χ4n) is 1.81. The van der Waals surface area contributed by atoms with Gasteiger partial charge in [0.05, 0.1) is 0 Å². The first-order chi connectivity index (χ1) is 10.6. The molecule has 0 aliphatic carbocycles. The molecule has 0 aliphatic rings. The lowest BCUT2D eigenvalue weighted by Gasteiger charge is -2.03. The molecule has 112 valence electrons. The number of amides is 2. The van der Waals surface area contributed by atoms with E-state index in [1.807, 2.05) is 49.4 Å².